The number of hydrogen-bond donors (Lipinski definition) is 1. The number of nitrogens with zero attached hydrogens (tertiary/aromatic N) is 4. The summed E-state index contributed by atoms with van der Waals surface area (Å²) in [5.41, 5.74) is 0.373. The Hall–Kier alpha value is -2.71. The number of hydrogen-bond acceptors (Lipinski definition) is 5. The van der Waals surface area contributed by atoms with Crippen LogP contribution in [0.2, 0.25) is 0 Å². The second kappa shape index (κ2) is 4.44. The Morgan fingerprint density at radius 1 is 1.10 bits per heavy atom. The molecule has 0 fully saturated rings. The third kappa shape index (κ3) is 2.13. The van der Waals surface area contributed by atoms with Crippen LogP contribution in [0.4, 0.5) is 13.2 Å². The zero-order valence-electron chi connectivity index (χ0n) is 9.72. The van der Waals surface area contributed by atoms with E-state index in [9.17, 15) is 13.2 Å². The first-order valence-electron chi connectivity index (χ1n) is 5.42. The monoisotopic (exact) mass is 281 g/mol. The van der Waals surface area contributed by atoms with Gasteiger partial charge in [0.15, 0.2) is 11.5 Å². The van der Waals surface area contributed by atoms with E-state index in [4.69, 9.17) is 4.52 Å². The van der Waals surface area contributed by atoms with Gasteiger partial charge >= 0.3 is 6.18 Å². The largest absolute Gasteiger partial charge is 0.416 e. The van der Waals surface area contributed by atoms with Crippen molar-refractivity contribution >= 4 is 0 Å². The quantitative estimate of drug-likeness (QED) is 0.780. The Balaban J connectivity index is 2.01. The minimum atomic E-state index is -4.38. The van der Waals surface area contributed by atoms with Crippen LogP contribution < -0.4 is 0 Å². The molecule has 2 heterocycles. The summed E-state index contributed by atoms with van der Waals surface area (Å²) >= 11 is 0. The average molecular weight is 281 g/mol. The zero-order valence-corrected chi connectivity index (χ0v) is 9.72. The predicted molar refractivity (Wildman–Crippen MR) is 60.1 cm³/mol. The normalized spacial score (nSPS) is 11.8. The number of aromatic amines is 1. The maximum Gasteiger partial charge on any atom is 0.416 e. The van der Waals surface area contributed by atoms with Crippen LogP contribution in [-0.4, -0.2) is 25.8 Å². The summed E-state index contributed by atoms with van der Waals surface area (Å²) in [6.45, 7) is 0. The van der Waals surface area contributed by atoms with Crippen LogP contribution in [0.1, 0.15) is 5.56 Å². The molecule has 1 N–H and O–H groups in total. The number of aromatic nitrogens is 5. The van der Waals surface area contributed by atoms with E-state index in [1.54, 1.807) is 0 Å². The number of halogens is 3. The predicted octanol–water partition coefficient (Wildman–Crippen LogP) is 2.54. The molecule has 1 aromatic carbocycles. The molecule has 0 spiro atoms. The standard InChI is InChI=1S/C11H6F3N5O/c12-11(13,14)7-3-1-6(2-4-7)10-9(17-19-20-10)8-5-15-18-16-8/h1-5H,(H,15,16,18). The van der Waals surface area contributed by atoms with E-state index in [1.165, 1.54) is 18.3 Å². The lowest BCUT2D eigenvalue weighted by Gasteiger charge is -2.06. The van der Waals surface area contributed by atoms with Crippen molar-refractivity contribution in [2.75, 3.05) is 0 Å². The molecule has 0 aliphatic rings. The maximum atomic E-state index is 12.5. The van der Waals surface area contributed by atoms with Crippen LogP contribution in [0, 0.1) is 0 Å². The molecule has 102 valence electrons. The van der Waals surface area contributed by atoms with E-state index < -0.39 is 11.7 Å². The number of rotatable bonds is 2. The van der Waals surface area contributed by atoms with E-state index in [0.717, 1.165) is 12.1 Å². The van der Waals surface area contributed by atoms with Crippen molar-refractivity contribution < 1.29 is 17.7 Å². The molecule has 0 saturated heterocycles. The summed E-state index contributed by atoms with van der Waals surface area (Å²) < 4.78 is 42.5. The van der Waals surface area contributed by atoms with Gasteiger partial charge in [0.2, 0.25) is 0 Å². The summed E-state index contributed by atoms with van der Waals surface area (Å²) in [5.74, 6) is 0.229. The molecule has 2 aromatic heterocycles. The van der Waals surface area contributed by atoms with Crippen LogP contribution in [-0.2, 0) is 6.18 Å². The van der Waals surface area contributed by atoms with Crippen LogP contribution in [0.3, 0.4) is 0 Å². The highest BCUT2D eigenvalue weighted by Crippen LogP contribution is 2.33. The van der Waals surface area contributed by atoms with Gasteiger partial charge < -0.3 is 4.52 Å². The molecule has 0 amide bonds. The van der Waals surface area contributed by atoms with Gasteiger partial charge in [-0.05, 0) is 12.1 Å². The summed E-state index contributed by atoms with van der Waals surface area (Å²) in [5, 5.41) is 17.0. The van der Waals surface area contributed by atoms with E-state index in [-0.39, 0.29) is 5.76 Å². The lowest BCUT2D eigenvalue weighted by Crippen LogP contribution is -2.03. The molecule has 20 heavy (non-hydrogen) atoms. The summed E-state index contributed by atoms with van der Waals surface area (Å²) in [6.07, 6.45) is -2.97. The molecule has 0 radical (unpaired) electrons. The van der Waals surface area contributed by atoms with Gasteiger partial charge in [0, 0.05) is 10.8 Å². The van der Waals surface area contributed by atoms with E-state index >= 15 is 0 Å². The van der Waals surface area contributed by atoms with Gasteiger partial charge in [0.1, 0.15) is 5.69 Å². The minimum Gasteiger partial charge on any atom is -0.336 e. The fraction of sp³-hybridized carbons (Fsp3) is 0.0909. The molecule has 0 aliphatic carbocycles. The molecule has 0 aliphatic heterocycles. The number of alkyl halides is 3. The van der Waals surface area contributed by atoms with Crippen LogP contribution in [0.25, 0.3) is 22.7 Å². The summed E-state index contributed by atoms with van der Waals surface area (Å²) in [7, 11) is 0. The van der Waals surface area contributed by atoms with Crippen molar-refractivity contribution in [2.24, 2.45) is 0 Å². The molecular formula is C11H6F3N5O. The van der Waals surface area contributed by atoms with Gasteiger partial charge in [-0.2, -0.15) is 28.6 Å². The van der Waals surface area contributed by atoms with Gasteiger partial charge in [0.25, 0.3) is 0 Å². The molecule has 0 unspecified atom stereocenters. The Bertz CT molecular complexity index is 702. The van der Waals surface area contributed by atoms with Gasteiger partial charge in [-0.15, -0.1) is 5.10 Å². The molecule has 0 bridgehead atoms. The number of benzene rings is 1. The smallest absolute Gasteiger partial charge is 0.336 e. The fourth-order valence-electron chi connectivity index (χ4n) is 1.67. The molecule has 3 aromatic rings. The lowest BCUT2D eigenvalue weighted by atomic mass is 10.1. The maximum absolute atomic E-state index is 12.5. The lowest BCUT2D eigenvalue weighted by molar-refractivity contribution is -0.137. The second-order valence-electron chi connectivity index (χ2n) is 3.88. The Morgan fingerprint density at radius 3 is 2.45 bits per heavy atom. The van der Waals surface area contributed by atoms with Gasteiger partial charge in [-0.3, -0.25) is 0 Å². The zero-order chi connectivity index (χ0) is 14.2. The summed E-state index contributed by atoms with van der Waals surface area (Å²) in [6, 6.07) is 4.50. The fourth-order valence-corrected chi connectivity index (χ4v) is 1.67. The van der Waals surface area contributed by atoms with Crippen molar-refractivity contribution in [2.45, 2.75) is 6.18 Å². The van der Waals surface area contributed by atoms with Crippen molar-refractivity contribution in [3.63, 3.8) is 0 Å². The van der Waals surface area contributed by atoms with Gasteiger partial charge in [0.05, 0.1) is 11.8 Å². The molecule has 0 saturated carbocycles. The highest BCUT2D eigenvalue weighted by Gasteiger charge is 2.30. The summed E-state index contributed by atoms with van der Waals surface area (Å²) in [4.78, 5) is 0. The van der Waals surface area contributed by atoms with Crippen LogP contribution in [0.5, 0.6) is 0 Å². The van der Waals surface area contributed by atoms with E-state index in [0.29, 0.717) is 17.0 Å². The average Bonchev–Trinajstić information content (AvgIpc) is 3.08. The number of H-pyrrole nitrogens is 1. The van der Waals surface area contributed by atoms with Gasteiger partial charge in [-0.1, -0.05) is 12.1 Å². The first-order chi connectivity index (χ1) is 9.55. The Labute approximate surface area is 109 Å². The topological polar surface area (TPSA) is 80.5 Å². The molecule has 6 nitrogen and oxygen atoms in total. The van der Waals surface area contributed by atoms with Crippen LogP contribution >= 0.6 is 0 Å². The highest BCUT2D eigenvalue weighted by atomic mass is 19.4. The molecule has 3 rings (SSSR count). The number of nitrogens with one attached hydrogen (secondary N) is 1. The Morgan fingerprint density at radius 2 is 1.85 bits per heavy atom. The van der Waals surface area contributed by atoms with Gasteiger partial charge in [-0.25, -0.2) is 0 Å². The third-order valence-electron chi connectivity index (χ3n) is 2.62. The second-order valence-corrected chi connectivity index (χ2v) is 3.88. The first-order valence-corrected chi connectivity index (χ1v) is 5.42. The highest BCUT2D eigenvalue weighted by molar-refractivity contribution is 5.73. The van der Waals surface area contributed by atoms with E-state index in [1.807, 2.05) is 0 Å². The minimum absolute atomic E-state index is 0.229. The van der Waals surface area contributed by atoms with Crippen molar-refractivity contribution in [1.82, 2.24) is 25.8 Å². The Kier molecular flexibility index (Phi) is 2.74. The van der Waals surface area contributed by atoms with E-state index in [2.05, 4.69) is 25.8 Å². The van der Waals surface area contributed by atoms with Crippen molar-refractivity contribution in [1.29, 1.82) is 0 Å². The van der Waals surface area contributed by atoms with Crippen molar-refractivity contribution in [3.8, 4) is 22.7 Å². The first kappa shape index (κ1) is 12.3. The van der Waals surface area contributed by atoms with Crippen LogP contribution in [0.15, 0.2) is 35.0 Å². The molecule has 0 atom stereocenters. The molecule has 9 heteroatoms. The SMILES string of the molecule is FC(F)(F)c1ccc(-c2onnc2-c2cn[nH]n2)cc1. The third-order valence-corrected chi connectivity index (χ3v) is 2.62. The molecular weight excluding hydrogens is 275 g/mol. The van der Waals surface area contributed by atoms with Crippen molar-refractivity contribution in [3.05, 3.63) is 36.0 Å².